The summed E-state index contributed by atoms with van der Waals surface area (Å²) in [6.45, 7) is 5.08. The van der Waals surface area contributed by atoms with E-state index in [-0.39, 0.29) is 11.3 Å². The van der Waals surface area contributed by atoms with Crippen LogP contribution in [0.3, 0.4) is 0 Å². The van der Waals surface area contributed by atoms with Crippen molar-refractivity contribution in [3.05, 3.63) is 119 Å². The lowest BCUT2D eigenvalue weighted by atomic mass is 9.93. The molecule has 1 fully saturated rings. The van der Waals surface area contributed by atoms with Crippen LogP contribution in [0, 0.1) is 13.8 Å². The minimum Gasteiger partial charge on any atom is -0.507 e. The van der Waals surface area contributed by atoms with Gasteiger partial charge in [0.15, 0.2) is 11.5 Å². The summed E-state index contributed by atoms with van der Waals surface area (Å²) in [6.07, 6.45) is 5.86. The number of aromatic nitrogens is 2. The first-order valence-corrected chi connectivity index (χ1v) is 13.5. The van der Waals surface area contributed by atoms with Crippen LogP contribution in [0.25, 0.3) is 5.76 Å². The molecule has 0 bridgehead atoms. The predicted octanol–water partition coefficient (Wildman–Crippen LogP) is 5.60. The Balaban J connectivity index is 1.53. The first kappa shape index (κ1) is 27.7. The lowest BCUT2D eigenvalue weighted by molar-refractivity contribution is -0.139. The summed E-state index contributed by atoms with van der Waals surface area (Å²) >= 11 is 0. The summed E-state index contributed by atoms with van der Waals surface area (Å²) in [5, 5.41) is 11.5. The van der Waals surface area contributed by atoms with Gasteiger partial charge in [-0.1, -0.05) is 54.1 Å². The first-order chi connectivity index (χ1) is 19.9. The largest absolute Gasteiger partial charge is 0.507 e. The molecule has 1 aliphatic rings. The summed E-state index contributed by atoms with van der Waals surface area (Å²) < 4.78 is 13.6. The molecule has 8 heteroatoms. The molecular weight excluding hydrogens is 518 g/mol. The number of nitrogens with zero attached hydrogens (tertiary/aromatic N) is 3. The molecule has 1 saturated heterocycles. The lowest BCUT2D eigenvalue weighted by Gasteiger charge is -2.26. The van der Waals surface area contributed by atoms with Crippen LogP contribution in [-0.2, 0) is 22.7 Å². The average Bonchev–Trinajstić information content (AvgIpc) is 3.60. The fourth-order valence-electron chi connectivity index (χ4n) is 5.14. The molecular formula is C33H33N3O5. The zero-order valence-corrected chi connectivity index (χ0v) is 23.4. The molecule has 1 N–H and O–H groups in total. The Bertz CT molecular complexity index is 1580. The van der Waals surface area contributed by atoms with E-state index in [0.717, 1.165) is 16.7 Å². The molecule has 1 unspecified atom stereocenters. The number of carbonyl (C=O) groups excluding carboxylic acids is 2. The van der Waals surface area contributed by atoms with E-state index in [1.807, 2.05) is 79.2 Å². The minimum absolute atomic E-state index is 0.0614. The van der Waals surface area contributed by atoms with E-state index < -0.39 is 17.7 Å². The van der Waals surface area contributed by atoms with Crippen molar-refractivity contribution in [1.29, 1.82) is 0 Å². The Labute approximate surface area is 239 Å². The molecule has 8 nitrogen and oxygen atoms in total. The molecule has 41 heavy (non-hydrogen) atoms. The van der Waals surface area contributed by atoms with Crippen LogP contribution >= 0.6 is 0 Å². The number of Topliss-reactive ketones (excluding diaryl/α,β-unsaturated/α-hetero) is 1. The van der Waals surface area contributed by atoms with Crippen molar-refractivity contribution in [2.24, 2.45) is 0 Å². The number of carbonyl (C=O) groups is 2. The summed E-state index contributed by atoms with van der Waals surface area (Å²) in [5.41, 5.74) is 3.98. The number of amides is 1. The van der Waals surface area contributed by atoms with Crippen molar-refractivity contribution in [3.8, 4) is 11.5 Å². The van der Waals surface area contributed by atoms with Crippen molar-refractivity contribution < 1.29 is 24.2 Å². The Kier molecular flexibility index (Phi) is 8.19. The number of rotatable bonds is 10. The van der Waals surface area contributed by atoms with Crippen molar-refractivity contribution in [3.63, 3.8) is 0 Å². The molecule has 1 aromatic heterocycles. The number of methoxy groups -OCH3 is 1. The van der Waals surface area contributed by atoms with Gasteiger partial charge >= 0.3 is 0 Å². The van der Waals surface area contributed by atoms with Crippen molar-refractivity contribution >= 4 is 17.4 Å². The maximum Gasteiger partial charge on any atom is 0.295 e. The van der Waals surface area contributed by atoms with Gasteiger partial charge in [0.05, 0.1) is 25.1 Å². The van der Waals surface area contributed by atoms with E-state index in [2.05, 4.69) is 4.98 Å². The fraction of sp³-hybridized carbons (Fsp3) is 0.242. The molecule has 0 spiro atoms. The van der Waals surface area contributed by atoms with Gasteiger partial charge in [0, 0.05) is 31.0 Å². The van der Waals surface area contributed by atoms with Gasteiger partial charge < -0.3 is 24.0 Å². The standard InChI is InChI=1S/C33H33N3O5/c1-22-10-11-23(2)26(18-22)31(37)29-30(36(33(39)32(29)38)16-7-15-35-17-14-34-21-35)25-12-13-27(28(19-25)40-3)41-20-24-8-5-4-6-9-24/h4-6,8-14,17-19,21,30,37H,7,15-16,20H2,1-3H3. The third kappa shape index (κ3) is 5.87. The van der Waals surface area contributed by atoms with Crippen LogP contribution in [0.4, 0.5) is 0 Å². The molecule has 0 aliphatic carbocycles. The first-order valence-electron chi connectivity index (χ1n) is 13.5. The van der Waals surface area contributed by atoms with E-state index >= 15 is 0 Å². The Morgan fingerprint density at radius 1 is 0.976 bits per heavy atom. The number of benzene rings is 3. The third-order valence-corrected chi connectivity index (χ3v) is 7.30. The highest BCUT2D eigenvalue weighted by Crippen LogP contribution is 2.42. The summed E-state index contributed by atoms with van der Waals surface area (Å²) in [6, 6.07) is 20.0. The molecule has 1 aliphatic heterocycles. The van der Waals surface area contributed by atoms with E-state index in [0.29, 0.717) is 48.7 Å². The second-order valence-electron chi connectivity index (χ2n) is 10.1. The fourth-order valence-corrected chi connectivity index (χ4v) is 5.14. The maximum atomic E-state index is 13.5. The number of ketones is 1. The molecule has 1 amide bonds. The van der Waals surface area contributed by atoms with Crippen molar-refractivity contribution in [2.75, 3.05) is 13.7 Å². The predicted molar refractivity (Wildman–Crippen MR) is 156 cm³/mol. The highest BCUT2D eigenvalue weighted by Gasteiger charge is 2.46. The number of likely N-dealkylation sites (tertiary alicyclic amines) is 1. The van der Waals surface area contributed by atoms with E-state index in [1.165, 1.54) is 4.90 Å². The van der Waals surface area contributed by atoms with Crippen LogP contribution in [0.5, 0.6) is 11.5 Å². The smallest absolute Gasteiger partial charge is 0.295 e. The second kappa shape index (κ2) is 12.1. The van der Waals surface area contributed by atoms with Gasteiger partial charge in [-0.15, -0.1) is 0 Å². The Morgan fingerprint density at radius 3 is 2.51 bits per heavy atom. The van der Waals surface area contributed by atoms with Crippen LogP contribution in [0.1, 0.15) is 40.3 Å². The third-order valence-electron chi connectivity index (χ3n) is 7.30. The Hall–Kier alpha value is -4.85. The molecule has 3 aromatic carbocycles. The molecule has 2 heterocycles. The number of hydrogen-bond acceptors (Lipinski definition) is 6. The second-order valence-corrected chi connectivity index (χ2v) is 10.1. The van der Waals surface area contributed by atoms with Crippen molar-refractivity contribution in [1.82, 2.24) is 14.5 Å². The Morgan fingerprint density at radius 2 is 1.78 bits per heavy atom. The van der Waals surface area contributed by atoms with Gasteiger partial charge in [-0.3, -0.25) is 9.59 Å². The number of imidazole rings is 1. The topological polar surface area (TPSA) is 93.9 Å². The molecule has 4 aromatic rings. The van der Waals surface area contributed by atoms with Crippen molar-refractivity contribution in [2.45, 2.75) is 39.5 Å². The van der Waals surface area contributed by atoms with Crippen LogP contribution in [0.2, 0.25) is 0 Å². The van der Waals surface area contributed by atoms with Crippen LogP contribution < -0.4 is 9.47 Å². The zero-order valence-electron chi connectivity index (χ0n) is 23.4. The average molecular weight is 552 g/mol. The number of ether oxygens (including phenoxy) is 2. The highest BCUT2D eigenvalue weighted by atomic mass is 16.5. The number of hydrogen-bond donors (Lipinski definition) is 1. The molecule has 0 saturated carbocycles. The van der Waals surface area contributed by atoms with E-state index in [9.17, 15) is 14.7 Å². The van der Waals surface area contributed by atoms with Crippen LogP contribution in [-0.4, -0.2) is 44.9 Å². The van der Waals surface area contributed by atoms with Gasteiger partial charge in [-0.25, -0.2) is 4.98 Å². The van der Waals surface area contributed by atoms with Gasteiger partial charge in [-0.05, 0) is 55.2 Å². The van der Waals surface area contributed by atoms with Gasteiger partial charge in [0.1, 0.15) is 12.4 Å². The van der Waals surface area contributed by atoms with E-state index in [1.54, 1.807) is 31.8 Å². The van der Waals surface area contributed by atoms with Gasteiger partial charge in [-0.2, -0.15) is 0 Å². The summed E-state index contributed by atoms with van der Waals surface area (Å²) in [4.78, 5) is 32.5. The summed E-state index contributed by atoms with van der Waals surface area (Å²) in [7, 11) is 1.55. The lowest BCUT2D eigenvalue weighted by Crippen LogP contribution is -2.31. The number of aliphatic hydroxyl groups excluding tert-OH is 1. The van der Waals surface area contributed by atoms with Crippen LogP contribution in [0.15, 0.2) is 91.0 Å². The quantitative estimate of drug-likeness (QED) is 0.157. The SMILES string of the molecule is COc1cc(C2C(=C(O)c3cc(C)ccc3C)C(=O)C(=O)N2CCCn2ccnc2)ccc1OCc1ccccc1. The normalized spacial score (nSPS) is 16.3. The number of aryl methyl sites for hydroxylation is 3. The maximum absolute atomic E-state index is 13.5. The molecule has 210 valence electrons. The summed E-state index contributed by atoms with van der Waals surface area (Å²) in [5.74, 6) is -0.536. The van der Waals surface area contributed by atoms with Gasteiger partial charge in [0.2, 0.25) is 0 Å². The van der Waals surface area contributed by atoms with Gasteiger partial charge in [0.25, 0.3) is 11.7 Å². The highest BCUT2D eigenvalue weighted by molar-refractivity contribution is 6.46. The molecule has 5 rings (SSSR count). The van der Waals surface area contributed by atoms with E-state index in [4.69, 9.17) is 9.47 Å². The molecule has 1 atom stereocenters. The monoisotopic (exact) mass is 551 g/mol. The zero-order chi connectivity index (χ0) is 28.9. The molecule has 0 radical (unpaired) electrons. The minimum atomic E-state index is -0.797. The number of aliphatic hydroxyl groups is 1.